The van der Waals surface area contributed by atoms with Crippen LogP contribution in [0.25, 0.3) is 11.0 Å². The zero-order valence-corrected chi connectivity index (χ0v) is 8.34. The molecule has 2 aromatic rings. The fourth-order valence-corrected chi connectivity index (χ4v) is 2.34. The maximum absolute atomic E-state index is 10.9. The van der Waals surface area contributed by atoms with Gasteiger partial charge in [-0.1, -0.05) is 0 Å². The molecule has 0 unspecified atom stereocenters. The molecular formula is C6H5N3O3S2. The van der Waals surface area contributed by atoms with Crippen molar-refractivity contribution in [2.75, 3.05) is 5.73 Å². The molecule has 0 aliphatic rings. The molecule has 74 valence electrons. The van der Waals surface area contributed by atoms with Gasteiger partial charge in [-0.05, 0) is 12.1 Å². The number of fused-ring (bicyclic) bond motifs is 1. The third-order valence-electron chi connectivity index (χ3n) is 1.69. The highest BCUT2D eigenvalue weighted by Gasteiger charge is 2.17. The predicted molar refractivity (Wildman–Crippen MR) is 51.6 cm³/mol. The van der Waals surface area contributed by atoms with Crippen molar-refractivity contribution in [3.63, 3.8) is 0 Å². The molecule has 14 heavy (non-hydrogen) atoms. The summed E-state index contributed by atoms with van der Waals surface area (Å²) in [4.78, 5) is -0.268. The van der Waals surface area contributed by atoms with Crippen LogP contribution in [0.4, 0.5) is 5.69 Å². The second-order valence-corrected chi connectivity index (χ2v) is 4.51. The van der Waals surface area contributed by atoms with Crippen LogP contribution < -0.4 is 5.73 Å². The minimum atomic E-state index is -4.27. The summed E-state index contributed by atoms with van der Waals surface area (Å²) in [5.41, 5.74) is 6.28. The first-order valence-corrected chi connectivity index (χ1v) is 5.65. The smallest absolute Gasteiger partial charge is 0.296 e. The summed E-state index contributed by atoms with van der Waals surface area (Å²) in [6.45, 7) is 0. The molecule has 1 heterocycles. The number of rotatable bonds is 1. The number of nitrogens with zero attached hydrogens (tertiary/aromatic N) is 2. The van der Waals surface area contributed by atoms with E-state index in [1.807, 2.05) is 0 Å². The molecular weight excluding hydrogens is 226 g/mol. The monoisotopic (exact) mass is 231 g/mol. The minimum Gasteiger partial charge on any atom is -0.397 e. The van der Waals surface area contributed by atoms with Gasteiger partial charge in [-0.25, -0.2) is 0 Å². The Morgan fingerprint density at radius 3 is 2.57 bits per heavy atom. The van der Waals surface area contributed by atoms with Crippen LogP contribution in [0.2, 0.25) is 0 Å². The second kappa shape index (κ2) is 2.87. The van der Waals surface area contributed by atoms with Gasteiger partial charge in [-0.2, -0.15) is 17.2 Å². The number of aromatic nitrogens is 2. The molecule has 6 nitrogen and oxygen atoms in total. The summed E-state index contributed by atoms with van der Waals surface area (Å²) in [6, 6.07) is 2.57. The molecule has 1 aromatic heterocycles. The van der Waals surface area contributed by atoms with E-state index in [1.54, 1.807) is 0 Å². The lowest BCUT2D eigenvalue weighted by Crippen LogP contribution is -2.00. The Balaban J connectivity index is 2.93. The van der Waals surface area contributed by atoms with E-state index >= 15 is 0 Å². The topological polar surface area (TPSA) is 106 Å². The number of nitrogen functional groups attached to an aromatic ring is 1. The first-order valence-electron chi connectivity index (χ1n) is 3.48. The molecule has 0 bridgehead atoms. The van der Waals surface area contributed by atoms with E-state index in [0.717, 1.165) is 11.7 Å². The first-order chi connectivity index (χ1) is 6.50. The Labute approximate surface area is 83.4 Å². The fourth-order valence-electron chi connectivity index (χ4n) is 1.07. The first kappa shape index (κ1) is 9.31. The molecule has 0 atom stereocenters. The average molecular weight is 231 g/mol. The summed E-state index contributed by atoms with van der Waals surface area (Å²) in [6.07, 6.45) is 0. The van der Waals surface area contributed by atoms with Crippen LogP contribution >= 0.6 is 11.7 Å². The van der Waals surface area contributed by atoms with Crippen LogP contribution in [-0.4, -0.2) is 21.7 Å². The Morgan fingerprint density at radius 2 is 1.93 bits per heavy atom. The van der Waals surface area contributed by atoms with Crippen LogP contribution in [-0.2, 0) is 10.1 Å². The molecule has 0 saturated heterocycles. The van der Waals surface area contributed by atoms with Gasteiger partial charge in [0.25, 0.3) is 10.1 Å². The van der Waals surface area contributed by atoms with Gasteiger partial charge < -0.3 is 5.73 Å². The van der Waals surface area contributed by atoms with Gasteiger partial charge in [0, 0.05) is 0 Å². The van der Waals surface area contributed by atoms with Crippen molar-refractivity contribution in [3.8, 4) is 0 Å². The van der Waals surface area contributed by atoms with Crippen molar-refractivity contribution in [1.82, 2.24) is 8.75 Å². The highest BCUT2D eigenvalue weighted by molar-refractivity contribution is 7.86. The maximum atomic E-state index is 10.9. The van der Waals surface area contributed by atoms with Crippen molar-refractivity contribution < 1.29 is 13.0 Å². The quantitative estimate of drug-likeness (QED) is 0.547. The van der Waals surface area contributed by atoms with Crippen molar-refractivity contribution >= 4 is 38.6 Å². The average Bonchev–Trinajstić information content (AvgIpc) is 2.50. The standard InChI is InChI=1S/C6H5N3O3S2/c7-3-1-2-4(14(10,11)12)6-5(3)8-13-9-6/h1-2H,7H2,(H,10,11,12). The van der Waals surface area contributed by atoms with Crippen LogP contribution in [0.1, 0.15) is 0 Å². The maximum Gasteiger partial charge on any atom is 0.296 e. The van der Waals surface area contributed by atoms with E-state index in [-0.39, 0.29) is 10.4 Å². The van der Waals surface area contributed by atoms with E-state index in [4.69, 9.17) is 10.3 Å². The van der Waals surface area contributed by atoms with Gasteiger partial charge in [0.15, 0.2) is 0 Å². The Bertz CT molecular complexity index is 589. The molecule has 1 aromatic carbocycles. The predicted octanol–water partition coefficient (Wildman–Crippen LogP) is 0.520. The van der Waals surface area contributed by atoms with E-state index in [0.29, 0.717) is 11.2 Å². The molecule has 3 N–H and O–H groups in total. The Kier molecular flexibility index (Phi) is 1.91. The van der Waals surface area contributed by atoms with Crippen LogP contribution in [0.15, 0.2) is 17.0 Å². The van der Waals surface area contributed by atoms with Gasteiger partial charge in [-0.3, -0.25) is 4.55 Å². The van der Waals surface area contributed by atoms with Crippen LogP contribution in [0.5, 0.6) is 0 Å². The molecule has 0 saturated carbocycles. The Hall–Kier alpha value is -1.25. The normalized spacial score (nSPS) is 12.1. The van der Waals surface area contributed by atoms with E-state index in [2.05, 4.69) is 8.75 Å². The van der Waals surface area contributed by atoms with E-state index in [9.17, 15) is 8.42 Å². The highest BCUT2D eigenvalue weighted by atomic mass is 32.2. The summed E-state index contributed by atoms with van der Waals surface area (Å²) in [5, 5.41) is 0. The van der Waals surface area contributed by atoms with E-state index < -0.39 is 10.1 Å². The van der Waals surface area contributed by atoms with Gasteiger partial charge in [0.1, 0.15) is 15.9 Å². The van der Waals surface area contributed by atoms with Crippen molar-refractivity contribution in [1.29, 1.82) is 0 Å². The Morgan fingerprint density at radius 1 is 1.29 bits per heavy atom. The van der Waals surface area contributed by atoms with Gasteiger partial charge in [-0.15, -0.1) is 0 Å². The third-order valence-corrected chi connectivity index (χ3v) is 3.10. The van der Waals surface area contributed by atoms with Crippen molar-refractivity contribution in [2.45, 2.75) is 4.90 Å². The van der Waals surface area contributed by atoms with Crippen LogP contribution in [0, 0.1) is 0 Å². The number of hydrogen-bond donors (Lipinski definition) is 2. The molecule has 0 spiro atoms. The summed E-state index contributed by atoms with van der Waals surface area (Å²) in [5.74, 6) is 0. The number of anilines is 1. The van der Waals surface area contributed by atoms with Gasteiger partial charge in [0.2, 0.25) is 0 Å². The molecule has 0 amide bonds. The summed E-state index contributed by atoms with van der Waals surface area (Å²) < 4.78 is 38.3. The molecule has 0 fully saturated rings. The zero-order valence-electron chi connectivity index (χ0n) is 6.71. The largest absolute Gasteiger partial charge is 0.397 e. The number of nitrogens with two attached hydrogens (primary N) is 1. The van der Waals surface area contributed by atoms with Crippen molar-refractivity contribution in [3.05, 3.63) is 12.1 Å². The molecule has 0 aliphatic carbocycles. The molecule has 8 heteroatoms. The summed E-state index contributed by atoms with van der Waals surface area (Å²) >= 11 is 0.842. The lowest BCUT2D eigenvalue weighted by molar-refractivity contribution is 0.484. The fraction of sp³-hybridized carbons (Fsp3) is 0. The number of benzene rings is 1. The molecule has 0 radical (unpaired) electrons. The molecule has 0 aliphatic heterocycles. The second-order valence-electron chi connectivity index (χ2n) is 2.59. The minimum absolute atomic E-state index is 0.109. The van der Waals surface area contributed by atoms with Gasteiger partial charge in [0.05, 0.1) is 17.4 Å². The lowest BCUT2D eigenvalue weighted by Gasteiger charge is -1.98. The van der Waals surface area contributed by atoms with Crippen molar-refractivity contribution in [2.24, 2.45) is 0 Å². The van der Waals surface area contributed by atoms with Gasteiger partial charge >= 0.3 is 0 Å². The van der Waals surface area contributed by atoms with Crippen LogP contribution in [0.3, 0.4) is 0 Å². The summed E-state index contributed by atoms with van der Waals surface area (Å²) in [7, 11) is -4.27. The lowest BCUT2D eigenvalue weighted by atomic mass is 10.3. The van der Waals surface area contributed by atoms with E-state index in [1.165, 1.54) is 12.1 Å². The third kappa shape index (κ3) is 1.33. The highest BCUT2D eigenvalue weighted by Crippen LogP contribution is 2.25. The zero-order chi connectivity index (χ0) is 10.3. The SMILES string of the molecule is Nc1ccc(S(=O)(=O)O)c2nsnc12. The number of hydrogen-bond acceptors (Lipinski definition) is 6. The molecule has 2 rings (SSSR count).